The van der Waals surface area contributed by atoms with Crippen molar-refractivity contribution in [3.8, 4) is 0 Å². The number of amides is 1. The van der Waals surface area contributed by atoms with Crippen molar-refractivity contribution >= 4 is 21.6 Å². The summed E-state index contributed by atoms with van der Waals surface area (Å²) in [5.41, 5.74) is 1.70. The van der Waals surface area contributed by atoms with Crippen molar-refractivity contribution in [1.82, 2.24) is 24.2 Å². The quantitative estimate of drug-likeness (QED) is 0.587. The fourth-order valence-electron chi connectivity index (χ4n) is 2.82. The summed E-state index contributed by atoms with van der Waals surface area (Å²) in [7, 11) is -0.542. The Bertz CT molecular complexity index is 1150. The molecule has 0 fully saturated rings. The van der Waals surface area contributed by atoms with Crippen molar-refractivity contribution in [2.24, 2.45) is 5.92 Å². The summed E-state index contributed by atoms with van der Waals surface area (Å²) in [5.74, 6) is 0.0297. The number of carbonyl (C=O) groups is 1. The number of nitrogens with zero attached hydrogens (tertiary/aromatic N) is 4. The van der Waals surface area contributed by atoms with Gasteiger partial charge in [0.25, 0.3) is 5.91 Å². The first-order valence-electron chi connectivity index (χ1n) is 9.43. The van der Waals surface area contributed by atoms with E-state index in [4.69, 9.17) is 0 Å². The third kappa shape index (κ3) is 4.35. The summed E-state index contributed by atoms with van der Waals surface area (Å²) in [6.45, 7) is 3.98. The first-order chi connectivity index (χ1) is 14.1. The number of nitrogens with one attached hydrogen (secondary N) is 1. The molecule has 160 valence electrons. The van der Waals surface area contributed by atoms with E-state index in [1.807, 2.05) is 13.8 Å². The van der Waals surface area contributed by atoms with Crippen LogP contribution < -0.4 is 5.32 Å². The minimum atomic E-state index is -3.49. The van der Waals surface area contributed by atoms with Gasteiger partial charge in [0, 0.05) is 26.8 Å². The highest BCUT2D eigenvalue weighted by Crippen LogP contribution is 2.20. The van der Waals surface area contributed by atoms with E-state index in [0.717, 1.165) is 9.87 Å². The topological polar surface area (TPSA) is 117 Å². The van der Waals surface area contributed by atoms with E-state index < -0.39 is 16.1 Å². The molecule has 0 spiro atoms. The molecule has 0 aliphatic rings. The molecule has 0 aliphatic carbocycles. The van der Waals surface area contributed by atoms with Crippen LogP contribution in [-0.4, -0.2) is 52.4 Å². The average Bonchev–Trinajstić information content (AvgIpc) is 3.14. The Balaban J connectivity index is 1.73. The second-order valence-electron chi connectivity index (χ2n) is 7.51. The summed E-state index contributed by atoms with van der Waals surface area (Å²) < 4.78 is 27.0. The van der Waals surface area contributed by atoms with Crippen molar-refractivity contribution in [2.75, 3.05) is 14.1 Å². The van der Waals surface area contributed by atoms with Gasteiger partial charge in [0.2, 0.25) is 10.0 Å². The van der Waals surface area contributed by atoms with Crippen LogP contribution >= 0.6 is 0 Å². The molecule has 1 aromatic carbocycles. The van der Waals surface area contributed by atoms with Gasteiger partial charge in [0.05, 0.1) is 10.5 Å². The predicted molar refractivity (Wildman–Crippen MR) is 111 cm³/mol. The molecule has 0 radical (unpaired) electrons. The summed E-state index contributed by atoms with van der Waals surface area (Å²) in [6.07, 6.45) is 0.800. The number of aromatic nitrogens is 3. The number of hydrogen-bond donors (Lipinski definition) is 2. The van der Waals surface area contributed by atoms with Gasteiger partial charge in [-0.05, 0) is 35.7 Å². The summed E-state index contributed by atoms with van der Waals surface area (Å²) in [4.78, 5) is 12.8. The molecule has 0 saturated carbocycles. The lowest BCUT2D eigenvalue weighted by molar-refractivity contribution is 0.0949. The van der Waals surface area contributed by atoms with Crippen molar-refractivity contribution in [1.29, 1.82) is 0 Å². The number of aliphatic hydroxyl groups is 1. The Morgan fingerprint density at radius 3 is 2.40 bits per heavy atom. The van der Waals surface area contributed by atoms with Gasteiger partial charge in [-0.25, -0.2) is 12.7 Å². The van der Waals surface area contributed by atoms with Crippen LogP contribution in [0.5, 0.6) is 0 Å². The van der Waals surface area contributed by atoms with Crippen molar-refractivity contribution in [2.45, 2.75) is 31.4 Å². The Hall–Kier alpha value is -2.82. The number of rotatable bonds is 7. The fourth-order valence-corrected chi connectivity index (χ4v) is 3.72. The Morgan fingerprint density at radius 1 is 1.13 bits per heavy atom. The van der Waals surface area contributed by atoms with Crippen LogP contribution in [0.25, 0.3) is 5.65 Å². The molecule has 0 saturated heterocycles. The van der Waals surface area contributed by atoms with Crippen LogP contribution in [0.3, 0.4) is 0 Å². The molecule has 1 atom stereocenters. The summed E-state index contributed by atoms with van der Waals surface area (Å²) in [6, 6.07) is 9.66. The van der Waals surface area contributed by atoms with Gasteiger partial charge in [-0.2, -0.15) is 0 Å². The number of aliphatic hydroxyl groups excluding tert-OH is 1. The monoisotopic (exact) mass is 431 g/mol. The van der Waals surface area contributed by atoms with Crippen LogP contribution in [0.15, 0.2) is 47.5 Å². The molecule has 10 heteroatoms. The zero-order valence-corrected chi connectivity index (χ0v) is 18.1. The van der Waals surface area contributed by atoms with E-state index in [1.165, 1.54) is 26.2 Å². The molecule has 1 amide bonds. The van der Waals surface area contributed by atoms with Crippen LogP contribution in [0.1, 0.15) is 41.7 Å². The standard InChI is InChI=1S/C20H25N5O4S/c1-13(2)18(26)19-23-22-17-10-7-15(12-25(17)19)20(27)21-11-14-5-8-16(9-6-14)30(28,29)24(3)4/h5-10,12-13,18,26H,11H2,1-4H3,(H,21,27). The van der Waals surface area contributed by atoms with Crippen LogP contribution in [0.4, 0.5) is 0 Å². The van der Waals surface area contributed by atoms with Gasteiger partial charge in [0.1, 0.15) is 6.10 Å². The number of sulfonamides is 1. The minimum absolute atomic E-state index is 0.0471. The summed E-state index contributed by atoms with van der Waals surface area (Å²) >= 11 is 0. The lowest BCUT2D eigenvalue weighted by atomic mass is 10.1. The van der Waals surface area contributed by atoms with E-state index in [-0.39, 0.29) is 23.3 Å². The van der Waals surface area contributed by atoms with Gasteiger partial charge in [0.15, 0.2) is 11.5 Å². The lowest BCUT2D eigenvalue weighted by Gasteiger charge is -2.13. The van der Waals surface area contributed by atoms with E-state index in [2.05, 4.69) is 15.5 Å². The van der Waals surface area contributed by atoms with E-state index in [0.29, 0.717) is 17.0 Å². The minimum Gasteiger partial charge on any atom is -0.385 e. The zero-order chi connectivity index (χ0) is 22.1. The molecular weight excluding hydrogens is 406 g/mol. The van der Waals surface area contributed by atoms with Crippen molar-refractivity contribution < 1.29 is 18.3 Å². The fraction of sp³-hybridized carbons (Fsp3) is 0.350. The average molecular weight is 432 g/mol. The predicted octanol–water partition coefficient (Wildman–Crippen LogP) is 1.60. The van der Waals surface area contributed by atoms with Gasteiger partial charge >= 0.3 is 0 Å². The molecule has 1 unspecified atom stereocenters. The molecule has 2 N–H and O–H groups in total. The highest BCUT2D eigenvalue weighted by Gasteiger charge is 2.20. The molecule has 3 aromatic rings. The van der Waals surface area contributed by atoms with Crippen molar-refractivity contribution in [3.05, 3.63) is 59.5 Å². The highest BCUT2D eigenvalue weighted by atomic mass is 32.2. The Morgan fingerprint density at radius 2 is 1.80 bits per heavy atom. The zero-order valence-electron chi connectivity index (χ0n) is 17.3. The third-order valence-corrected chi connectivity index (χ3v) is 6.57. The maximum Gasteiger partial charge on any atom is 0.253 e. The van der Waals surface area contributed by atoms with Crippen molar-refractivity contribution in [3.63, 3.8) is 0 Å². The van der Waals surface area contributed by atoms with Crippen LogP contribution in [-0.2, 0) is 16.6 Å². The lowest BCUT2D eigenvalue weighted by Crippen LogP contribution is -2.24. The number of pyridine rings is 1. The van der Waals surface area contributed by atoms with Crippen LogP contribution in [0.2, 0.25) is 0 Å². The van der Waals surface area contributed by atoms with E-state index in [9.17, 15) is 18.3 Å². The summed E-state index contributed by atoms with van der Waals surface area (Å²) in [5, 5.41) is 21.2. The smallest absolute Gasteiger partial charge is 0.253 e. The number of benzene rings is 1. The second-order valence-corrected chi connectivity index (χ2v) is 9.66. The second kappa shape index (κ2) is 8.50. The van der Waals surface area contributed by atoms with Gasteiger partial charge < -0.3 is 10.4 Å². The van der Waals surface area contributed by atoms with E-state index >= 15 is 0 Å². The Kier molecular flexibility index (Phi) is 6.20. The molecular formula is C20H25N5O4S. The van der Waals surface area contributed by atoms with Crippen LogP contribution in [0, 0.1) is 5.92 Å². The first kappa shape index (κ1) is 21.9. The number of fused-ring (bicyclic) bond motifs is 1. The molecule has 0 bridgehead atoms. The first-order valence-corrected chi connectivity index (χ1v) is 10.9. The third-order valence-electron chi connectivity index (χ3n) is 4.74. The SMILES string of the molecule is CC(C)C(O)c1nnc2ccc(C(=O)NCc3ccc(S(=O)(=O)N(C)C)cc3)cn12. The number of carbonyl (C=O) groups excluding carboxylic acids is 1. The molecule has 3 rings (SSSR count). The maximum absolute atomic E-state index is 12.6. The number of hydrogen-bond acceptors (Lipinski definition) is 6. The largest absolute Gasteiger partial charge is 0.385 e. The van der Waals surface area contributed by atoms with E-state index in [1.54, 1.807) is 34.9 Å². The Labute approximate surface area is 175 Å². The van der Waals surface area contributed by atoms with Gasteiger partial charge in [-0.1, -0.05) is 26.0 Å². The highest BCUT2D eigenvalue weighted by molar-refractivity contribution is 7.89. The normalized spacial score (nSPS) is 13.2. The molecule has 30 heavy (non-hydrogen) atoms. The molecule has 2 aromatic heterocycles. The van der Waals surface area contributed by atoms with Gasteiger partial charge in [-0.15, -0.1) is 10.2 Å². The maximum atomic E-state index is 12.6. The molecule has 0 aliphatic heterocycles. The molecule has 2 heterocycles. The van der Waals surface area contributed by atoms with Gasteiger partial charge in [-0.3, -0.25) is 9.20 Å². The molecule has 9 nitrogen and oxygen atoms in total.